The van der Waals surface area contributed by atoms with Crippen molar-refractivity contribution in [2.45, 2.75) is 6.92 Å². The summed E-state index contributed by atoms with van der Waals surface area (Å²) in [5.74, 6) is 0.228. The fraction of sp³-hybridized carbons (Fsp3) is 0.300. The summed E-state index contributed by atoms with van der Waals surface area (Å²) in [6, 6.07) is 1.76. The second kappa shape index (κ2) is 4.96. The van der Waals surface area contributed by atoms with E-state index < -0.39 is 5.97 Å². The Bertz CT molecular complexity index is 520. The number of nitrogens with zero attached hydrogens (tertiary/aromatic N) is 2. The fourth-order valence-electron chi connectivity index (χ4n) is 1.14. The lowest BCUT2D eigenvalue weighted by Crippen LogP contribution is -2.04. The molecule has 2 aromatic heterocycles. The normalized spacial score (nSPS) is 10.2. The summed E-state index contributed by atoms with van der Waals surface area (Å²) in [5, 5.41) is 9.20. The average molecular weight is 254 g/mol. The van der Waals surface area contributed by atoms with Gasteiger partial charge in [-0.3, -0.25) is 0 Å². The predicted octanol–water partition coefficient (Wildman–Crippen LogP) is 1.98. The van der Waals surface area contributed by atoms with Crippen LogP contribution in [0.15, 0.2) is 15.9 Å². The van der Waals surface area contributed by atoms with Gasteiger partial charge < -0.3 is 13.9 Å². The van der Waals surface area contributed by atoms with Crippen LogP contribution < -0.4 is 4.74 Å². The van der Waals surface area contributed by atoms with E-state index in [-0.39, 0.29) is 18.4 Å². The smallest absolute Gasteiger partial charge is 0.396 e. The van der Waals surface area contributed by atoms with Crippen LogP contribution in [-0.4, -0.2) is 29.9 Å². The first-order valence-electron chi connectivity index (χ1n) is 4.88. The minimum atomic E-state index is -0.616. The number of thiophene rings is 1. The van der Waals surface area contributed by atoms with Crippen LogP contribution in [-0.2, 0) is 4.74 Å². The highest BCUT2D eigenvalue weighted by Gasteiger charge is 2.17. The minimum absolute atomic E-state index is 0.144. The Kier molecular flexibility index (Phi) is 3.38. The minimum Gasteiger partial charge on any atom is -0.496 e. The molecule has 0 aliphatic heterocycles. The van der Waals surface area contributed by atoms with Gasteiger partial charge >= 0.3 is 11.9 Å². The third-order valence-electron chi connectivity index (χ3n) is 1.90. The number of esters is 1. The summed E-state index contributed by atoms with van der Waals surface area (Å²) >= 11 is 1.39. The molecule has 2 heterocycles. The lowest BCUT2D eigenvalue weighted by atomic mass is 10.4. The molecule has 0 atom stereocenters. The number of rotatable bonds is 4. The zero-order valence-electron chi connectivity index (χ0n) is 9.30. The van der Waals surface area contributed by atoms with E-state index in [1.807, 2.05) is 5.38 Å². The molecule has 0 unspecified atom stereocenters. The molecule has 6 nitrogen and oxygen atoms in total. The maximum atomic E-state index is 11.3. The summed E-state index contributed by atoms with van der Waals surface area (Å²) in [5.41, 5.74) is 0. The quantitative estimate of drug-likeness (QED) is 0.777. The molecule has 0 radical (unpaired) electrons. The van der Waals surface area contributed by atoms with E-state index in [9.17, 15) is 4.79 Å². The van der Waals surface area contributed by atoms with Crippen molar-refractivity contribution in [1.82, 2.24) is 10.2 Å². The Morgan fingerprint density at radius 3 is 3.00 bits per heavy atom. The summed E-state index contributed by atoms with van der Waals surface area (Å²) in [6.45, 7) is 1.97. The molecular weight excluding hydrogens is 244 g/mol. The van der Waals surface area contributed by atoms with E-state index in [4.69, 9.17) is 13.9 Å². The van der Waals surface area contributed by atoms with Crippen LogP contribution in [0.1, 0.15) is 17.6 Å². The summed E-state index contributed by atoms with van der Waals surface area (Å²) in [4.78, 5) is 12.1. The van der Waals surface area contributed by atoms with Gasteiger partial charge in [0, 0.05) is 11.4 Å². The molecule has 0 bridgehead atoms. The molecule has 2 rings (SSSR count). The molecule has 0 aliphatic carbocycles. The van der Waals surface area contributed by atoms with Crippen LogP contribution in [0.2, 0.25) is 0 Å². The van der Waals surface area contributed by atoms with Crippen molar-refractivity contribution in [3.63, 3.8) is 0 Å². The largest absolute Gasteiger partial charge is 0.496 e. The van der Waals surface area contributed by atoms with Gasteiger partial charge in [-0.1, -0.05) is 0 Å². The lowest BCUT2D eigenvalue weighted by molar-refractivity contribution is 0.0481. The first-order chi connectivity index (χ1) is 8.24. The van der Waals surface area contributed by atoms with E-state index in [2.05, 4.69) is 10.2 Å². The number of hydrogen-bond acceptors (Lipinski definition) is 7. The monoisotopic (exact) mass is 254 g/mol. The molecule has 0 N–H and O–H groups in total. The van der Waals surface area contributed by atoms with Gasteiger partial charge in [-0.05, 0) is 6.92 Å². The molecule has 7 heteroatoms. The van der Waals surface area contributed by atoms with Crippen molar-refractivity contribution in [2.75, 3.05) is 13.7 Å². The molecule has 0 amide bonds. The topological polar surface area (TPSA) is 74.5 Å². The van der Waals surface area contributed by atoms with Crippen molar-refractivity contribution < 1.29 is 18.7 Å². The predicted molar refractivity (Wildman–Crippen MR) is 60.1 cm³/mol. The highest BCUT2D eigenvalue weighted by molar-refractivity contribution is 7.13. The molecule has 0 spiro atoms. The van der Waals surface area contributed by atoms with Crippen LogP contribution in [0.3, 0.4) is 0 Å². The third-order valence-corrected chi connectivity index (χ3v) is 2.79. The van der Waals surface area contributed by atoms with Crippen LogP contribution in [0, 0.1) is 0 Å². The Morgan fingerprint density at radius 2 is 2.35 bits per heavy atom. The van der Waals surface area contributed by atoms with Crippen molar-refractivity contribution in [1.29, 1.82) is 0 Å². The maximum Gasteiger partial charge on any atom is 0.396 e. The van der Waals surface area contributed by atoms with Crippen LogP contribution in [0.5, 0.6) is 5.75 Å². The van der Waals surface area contributed by atoms with E-state index in [1.54, 1.807) is 20.1 Å². The molecule has 0 fully saturated rings. The Morgan fingerprint density at radius 1 is 1.53 bits per heavy atom. The van der Waals surface area contributed by atoms with Crippen molar-refractivity contribution in [3.8, 4) is 16.5 Å². The van der Waals surface area contributed by atoms with Gasteiger partial charge in [-0.15, -0.1) is 21.5 Å². The van der Waals surface area contributed by atoms with Gasteiger partial charge in [0.2, 0.25) is 0 Å². The molecule has 0 aromatic carbocycles. The van der Waals surface area contributed by atoms with Gasteiger partial charge in [0.1, 0.15) is 5.75 Å². The maximum absolute atomic E-state index is 11.3. The number of hydrogen-bond donors (Lipinski definition) is 0. The zero-order chi connectivity index (χ0) is 12.3. The van der Waals surface area contributed by atoms with Crippen LogP contribution in [0.25, 0.3) is 10.8 Å². The molecule has 2 aromatic rings. The Hall–Kier alpha value is -1.89. The SMILES string of the molecule is CCOC(=O)c1nnc(-c2cc(OC)cs2)o1. The molecule has 90 valence electrons. The molecular formula is C10H10N2O4S. The van der Waals surface area contributed by atoms with E-state index in [0.29, 0.717) is 5.75 Å². The Balaban J connectivity index is 2.20. The standard InChI is InChI=1S/C10H10N2O4S/c1-3-15-10(13)9-12-11-8(16-9)7-4-6(14-2)5-17-7/h4-5H,3H2,1-2H3. The fourth-order valence-corrected chi connectivity index (χ4v) is 1.91. The lowest BCUT2D eigenvalue weighted by Gasteiger charge is -1.94. The first-order valence-corrected chi connectivity index (χ1v) is 5.76. The molecule has 0 aliphatic rings. The highest BCUT2D eigenvalue weighted by atomic mass is 32.1. The van der Waals surface area contributed by atoms with Gasteiger partial charge in [0.15, 0.2) is 0 Å². The van der Waals surface area contributed by atoms with E-state index in [1.165, 1.54) is 11.3 Å². The van der Waals surface area contributed by atoms with Crippen LogP contribution in [0.4, 0.5) is 0 Å². The van der Waals surface area contributed by atoms with Gasteiger partial charge in [0.05, 0.1) is 18.6 Å². The number of aromatic nitrogens is 2. The number of methoxy groups -OCH3 is 1. The Labute approximate surface area is 101 Å². The summed E-state index contributed by atoms with van der Waals surface area (Å²) in [6.07, 6.45) is 0. The summed E-state index contributed by atoms with van der Waals surface area (Å²) < 4.78 is 15.0. The molecule has 0 saturated heterocycles. The first kappa shape index (κ1) is 11.6. The van der Waals surface area contributed by atoms with Gasteiger partial charge in [-0.25, -0.2) is 4.79 Å². The number of ether oxygens (including phenoxy) is 2. The zero-order valence-corrected chi connectivity index (χ0v) is 10.1. The molecule has 17 heavy (non-hydrogen) atoms. The van der Waals surface area contributed by atoms with Crippen molar-refractivity contribution in [3.05, 3.63) is 17.3 Å². The highest BCUT2D eigenvalue weighted by Crippen LogP contribution is 2.29. The van der Waals surface area contributed by atoms with E-state index >= 15 is 0 Å². The number of carbonyl (C=O) groups is 1. The molecule has 0 saturated carbocycles. The van der Waals surface area contributed by atoms with E-state index in [0.717, 1.165) is 4.88 Å². The summed E-state index contributed by atoms with van der Waals surface area (Å²) in [7, 11) is 1.57. The average Bonchev–Trinajstić information content (AvgIpc) is 2.98. The third kappa shape index (κ3) is 2.44. The van der Waals surface area contributed by atoms with Crippen molar-refractivity contribution in [2.24, 2.45) is 0 Å². The van der Waals surface area contributed by atoms with Crippen LogP contribution >= 0.6 is 11.3 Å². The second-order valence-corrected chi connectivity index (χ2v) is 3.89. The second-order valence-electron chi connectivity index (χ2n) is 2.98. The van der Waals surface area contributed by atoms with Gasteiger partial charge in [-0.2, -0.15) is 0 Å². The number of carbonyl (C=O) groups excluding carboxylic acids is 1. The van der Waals surface area contributed by atoms with Crippen molar-refractivity contribution >= 4 is 17.3 Å². The van der Waals surface area contributed by atoms with Gasteiger partial charge in [0.25, 0.3) is 5.89 Å².